The largest absolute Gasteiger partial charge is 0.504 e. The molecule has 4 heteroatoms. The molecule has 24 heavy (non-hydrogen) atoms. The second-order valence-corrected chi connectivity index (χ2v) is 5.35. The third kappa shape index (κ3) is 3.38. The standard InChI is InChI=1S/C20H22O4/c1-5-7-13-9-19(23-3)17(21)11-15(13)16-12-18(22)20(24-4)10-14(16)8-6-2/h5-6,9-12,21-22H,1-2,7-8H2,3-4H3. The summed E-state index contributed by atoms with van der Waals surface area (Å²) in [6, 6.07) is 6.85. The van der Waals surface area contributed by atoms with E-state index in [4.69, 9.17) is 9.47 Å². The molecular weight excluding hydrogens is 304 g/mol. The molecule has 2 N–H and O–H groups in total. The first-order valence-corrected chi connectivity index (χ1v) is 7.57. The maximum absolute atomic E-state index is 10.2. The fourth-order valence-electron chi connectivity index (χ4n) is 2.70. The smallest absolute Gasteiger partial charge is 0.160 e. The van der Waals surface area contributed by atoms with Gasteiger partial charge in [-0.1, -0.05) is 12.2 Å². The molecule has 0 fully saturated rings. The number of allylic oxidation sites excluding steroid dienone is 2. The van der Waals surface area contributed by atoms with Gasteiger partial charge in [-0.3, -0.25) is 0 Å². The minimum absolute atomic E-state index is 0.0418. The summed E-state index contributed by atoms with van der Waals surface area (Å²) in [6.07, 6.45) is 4.77. The summed E-state index contributed by atoms with van der Waals surface area (Å²) in [5.74, 6) is 0.887. The number of phenolic OH excluding ortho intramolecular Hbond substituents is 2. The average molecular weight is 326 g/mol. The van der Waals surface area contributed by atoms with Crippen molar-refractivity contribution < 1.29 is 19.7 Å². The summed E-state index contributed by atoms with van der Waals surface area (Å²) in [5, 5.41) is 20.4. The molecule has 0 spiro atoms. The Morgan fingerprint density at radius 2 is 1.17 bits per heavy atom. The summed E-state index contributed by atoms with van der Waals surface area (Å²) in [4.78, 5) is 0. The first-order valence-electron chi connectivity index (χ1n) is 7.57. The van der Waals surface area contributed by atoms with Crippen molar-refractivity contribution in [3.05, 3.63) is 60.7 Å². The zero-order valence-corrected chi connectivity index (χ0v) is 14.0. The maximum atomic E-state index is 10.2. The van der Waals surface area contributed by atoms with Gasteiger partial charge in [0.2, 0.25) is 0 Å². The first kappa shape index (κ1) is 17.5. The van der Waals surface area contributed by atoms with Crippen molar-refractivity contribution in [3.8, 4) is 34.1 Å². The molecule has 0 bridgehead atoms. The fourth-order valence-corrected chi connectivity index (χ4v) is 2.70. The number of ether oxygens (including phenoxy) is 2. The number of hydrogen-bond acceptors (Lipinski definition) is 4. The predicted molar refractivity (Wildman–Crippen MR) is 96.1 cm³/mol. The molecule has 0 heterocycles. The van der Waals surface area contributed by atoms with E-state index in [1.54, 1.807) is 36.4 Å². The number of methoxy groups -OCH3 is 2. The summed E-state index contributed by atoms with van der Waals surface area (Å²) in [6.45, 7) is 7.57. The lowest BCUT2D eigenvalue weighted by Gasteiger charge is -2.17. The van der Waals surface area contributed by atoms with Gasteiger partial charge < -0.3 is 19.7 Å². The summed E-state index contributed by atoms with van der Waals surface area (Å²) < 4.78 is 10.4. The van der Waals surface area contributed by atoms with E-state index in [0.717, 1.165) is 22.3 Å². The van der Waals surface area contributed by atoms with Gasteiger partial charge >= 0.3 is 0 Å². The Labute approximate surface area is 142 Å². The molecule has 0 saturated heterocycles. The van der Waals surface area contributed by atoms with E-state index in [1.807, 2.05) is 0 Å². The quantitative estimate of drug-likeness (QED) is 0.747. The van der Waals surface area contributed by atoms with E-state index in [1.165, 1.54) is 14.2 Å². The molecule has 0 saturated carbocycles. The lowest BCUT2D eigenvalue weighted by atomic mass is 9.91. The van der Waals surface area contributed by atoms with Gasteiger partial charge in [-0.05, 0) is 59.4 Å². The molecule has 0 amide bonds. The Balaban J connectivity index is 2.74. The third-order valence-corrected chi connectivity index (χ3v) is 3.83. The first-order chi connectivity index (χ1) is 11.5. The number of hydrogen-bond donors (Lipinski definition) is 2. The van der Waals surface area contributed by atoms with E-state index >= 15 is 0 Å². The second kappa shape index (κ2) is 7.59. The molecule has 0 aliphatic heterocycles. The molecule has 0 atom stereocenters. The monoisotopic (exact) mass is 326 g/mol. The van der Waals surface area contributed by atoms with Crippen LogP contribution in [-0.4, -0.2) is 24.4 Å². The van der Waals surface area contributed by atoms with Crippen LogP contribution < -0.4 is 9.47 Å². The highest BCUT2D eigenvalue weighted by Crippen LogP contribution is 2.40. The number of phenols is 2. The lowest BCUT2D eigenvalue weighted by Crippen LogP contribution is -1.97. The van der Waals surface area contributed by atoms with Crippen molar-refractivity contribution in [2.45, 2.75) is 12.8 Å². The van der Waals surface area contributed by atoms with Crippen LogP contribution in [0.4, 0.5) is 0 Å². The summed E-state index contributed by atoms with van der Waals surface area (Å²) in [7, 11) is 3.02. The van der Waals surface area contributed by atoms with Gasteiger partial charge in [0, 0.05) is 0 Å². The molecule has 0 unspecified atom stereocenters. The van der Waals surface area contributed by atoms with Crippen LogP contribution in [0.25, 0.3) is 11.1 Å². The Hall–Kier alpha value is -2.88. The van der Waals surface area contributed by atoms with E-state index < -0.39 is 0 Å². The van der Waals surface area contributed by atoms with Gasteiger partial charge in [-0.2, -0.15) is 0 Å². The predicted octanol–water partition coefficient (Wildman–Crippen LogP) is 4.24. The van der Waals surface area contributed by atoms with Crippen molar-refractivity contribution in [3.63, 3.8) is 0 Å². The van der Waals surface area contributed by atoms with Crippen molar-refractivity contribution >= 4 is 0 Å². The Morgan fingerprint density at radius 3 is 1.46 bits per heavy atom. The zero-order chi connectivity index (χ0) is 17.7. The van der Waals surface area contributed by atoms with Gasteiger partial charge in [0.1, 0.15) is 0 Å². The topological polar surface area (TPSA) is 58.9 Å². The number of rotatable bonds is 7. The molecule has 2 rings (SSSR count). The van der Waals surface area contributed by atoms with Gasteiger partial charge in [0.05, 0.1) is 14.2 Å². The van der Waals surface area contributed by atoms with Crippen molar-refractivity contribution in [1.29, 1.82) is 0 Å². The van der Waals surface area contributed by atoms with Crippen LogP contribution in [0.1, 0.15) is 11.1 Å². The van der Waals surface area contributed by atoms with Crippen LogP contribution in [0.2, 0.25) is 0 Å². The zero-order valence-electron chi connectivity index (χ0n) is 14.0. The summed E-state index contributed by atoms with van der Waals surface area (Å²) in [5.41, 5.74) is 3.50. The van der Waals surface area contributed by atoms with Gasteiger partial charge in [0.15, 0.2) is 23.0 Å². The van der Waals surface area contributed by atoms with Gasteiger partial charge in [-0.25, -0.2) is 0 Å². The molecule has 4 nitrogen and oxygen atoms in total. The molecule has 2 aromatic rings. The van der Waals surface area contributed by atoms with Crippen LogP contribution >= 0.6 is 0 Å². The van der Waals surface area contributed by atoms with Crippen molar-refractivity contribution in [2.24, 2.45) is 0 Å². The second-order valence-electron chi connectivity index (χ2n) is 5.35. The highest BCUT2D eigenvalue weighted by atomic mass is 16.5. The average Bonchev–Trinajstić information content (AvgIpc) is 2.57. The van der Waals surface area contributed by atoms with Crippen LogP contribution in [0.3, 0.4) is 0 Å². The Bertz CT molecular complexity index is 697. The van der Waals surface area contributed by atoms with Gasteiger partial charge in [0.25, 0.3) is 0 Å². The highest BCUT2D eigenvalue weighted by molar-refractivity contribution is 5.76. The number of aromatic hydroxyl groups is 2. The normalized spacial score (nSPS) is 10.2. The molecule has 0 aliphatic rings. The van der Waals surface area contributed by atoms with Crippen LogP contribution in [0, 0.1) is 0 Å². The van der Waals surface area contributed by atoms with Crippen LogP contribution in [0.5, 0.6) is 23.0 Å². The molecule has 0 aliphatic carbocycles. The highest BCUT2D eigenvalue weighted by Gasteiger charge is 2.16. The summed E-state index contributed by atoms with van der Waals surface area (Å²) >= 11 is 0. The molecule has 126 valence electrons. The van der Waals surface area contributed by atoms with E-state index in [-0.39, 0.29) is 11.5 Å². The molecule has 0 radical (unpaired) electrons. The molecule has 0 aromatic heterocycles. The number of benzene rings is 2. The van der Waals surface area contributed by atoms with E-state index in [0.29, 0.717) is 24.3 Å². The SMILES string of the molecule is C=CCc1cc(OC)c(O)cc1-c1cc(O)c(OC)cc1CC=C. The maximum Gasteiger partial charge on any atom is 0.160 e. The minimum atomic E-state index is 0.0418. The fraction of sp³-hybridized carbons (Fsp3) is 0.200. The molecular formula is C20H22O4. The lowest BCUT2D eigenvalue weighted by molar-refractivity contribution is 0.372. The van der Waals surface area contributed by atoms with Crippen molar-refractivity contribution in [2.75, 3.05) is 14.2 Å². The Morgan fingerprint density at radius 1 is 0.792 bits per heavy atom. The Kier molecular flexibility index (Phi) is 5.53. The van der Waals surface area contributed by atoms with Crippen LogP contribution in [-0.2, 0) is 12.8 Å². The third-order valence-electron chi connectivity index (χ3n) is 3.83. The van der Waals surface area contributed by atoms with E-state index in [9.17, 15) is 10.2 Å². The van der Waals surface area contributed by atoms with Crippen LogP contribution in [0.15, 0.2) is 49.6 Å². The van der Waals surface area contributed by atoms with E-state index in [2.05, 4.69) is 13.2 Å². The van der Waals surface area contributed by atoms with Gasteiger partial charge in [-0.15, -0.1) is 13.2 Å². The minimum Gasteiger partial charge on any atom is -0.504 e. The molecule has 2 aromatic carbocycles. The van der Waals surface area contributed by atoms with Crippen molar-refractivity contribution in [1.82, 2.24) is 0 Å².